The summed E-state index contributed by atoms with van der Waals surface area (Å²) in [6.07, 6.45) is 1.66. The molecule has 2 aromatic heterocycles. The Morgan fingerprint density at radius 1 is 1.30 bits per heavy atom. The molecule has 2 heterocycles. The van der Waals surface area contributed by atoms with E-state index in [0.29, 0.717) is 11.6 Å². The van der Waals surface area contributed by atoms with Gasteiger partial charge in [-0.2, -0.15) is 0 Å². The van der Waals surface area contributed by atoms with Gasteiger partial charge in [0.2, 0.25) is 0 Å². The third kappa shape index (κ3) is 3.71. The van der Waals surface area contributed by atoms with Gasteiger partial charge in [0.15, 0.2) is 11.0 Å². The molecule has 0 N–H and O–H groups in total. The molecule has 1 aromatic carbocycles. The van der Waals surface area contributed by atoms with Crippen LogP contribution in [-0.2, 0) is 7.05 Å². The van der Waals surface area contributed by atoms with Gasteiger partial charge < -0.3 is 13.7 Å². The summed E-state index contributed by atoms with van der Waals surface area (Å²) in [7, 11) is 1.95. The number of ether oxygens (including phenoxy) is 1. The van der Waals surface area contributed by atoms with Gasteiger partial charge in [-0.05, 0) is 31.2 Å². The molecule has 3 aromatic rings. The highest BCUT2D eigenvalue weighted by Gasteiger charge is 2.14. The van der Waals surface area contributed by atoms with Gasteiger partial charge in [-0.3, -0.25) is 0 Å². The monoisotopic (exact) mass is 349 g/mol. The predicted octanol–water partition coefficient (Wildman–Crippen LogP) is 4.21. The number of rotatable bonds is 6. The Hall–Kier alpha value is -1.92. The second-order valence-electron chi connectivity index (χ2n) is 4.91. The lowest BCUT2D eigenvalue weighted by Crippen LogP contribution is -2.02. The molecule has 0 atom stereocenters. The SMILES string of the molecule is Cc1occc1-c1nnc(SCCOc2cccc(Cl)c2)n1C. The molecule has 0 saturated carbocycles. The largest absolute Gasteiger partial charge is 0.493 e. The van der Waals surface area contributed by atoms with Crippen molar-refractivity contribution in [2.24, 2.45) is 7.05 Å². The molecule has 0 unspecified atom stereocenters. The average Bonchev–Trinajstić information content (AvgIpc) is 3.10. The molecule has 7 heteroatoms. The van der Waals surface area contributed by atoms with E-state index in [1.54, 1.807) is 24.1 Å². The lowest BCUT2D eigenvalue weighted by Gasteiger charge is -2.06. The van der Waals surface area contributed by atoms with Crippen molar-refractivity contribution in [1.82, 2.24) is 14.8 Å². The van der Waals surface area contributed by atoms with Crippen LogP contribution in [0.15, 0.2) is 46.2 Å². The normalized spacial score (nSPS) is 10.9. The van der Waals surface area contributed by atoms with Crippen LogP contribution in [0, 0.1) is 6.92 Å². The molecule has 0 saturated heterocycles. The Morgan fingerprint density at radius 2 is 2.17 bits per heavy atom. The second kappa shape index (κ2) is 7.10. The molecule has 120 valence electrons. The lowest BCUT2D eigenvalue weighted by molar-refractivity contribution is 0.344. The van der Waals surface area contributed by atoms with Crippen LogP contribution in [0.3, 0.4) is 0 Å². The Morgan fingerprint density at radius 3 is 2.91 bits per heavy atom. The smallest absolute Gasteiger partial charge is 0.191 e. The Bertz CT molecular complexity index is 800. The molecule has 0 aliphatic carbocycles. The number of benzene rings is 1. The summed E-state index contributed by atoms with van der Waals surface area (Å²) in [6.45, 7) is 2.48. The number of aromatic nitrogens is 3. The molecule has 0 fully saturated rings. The number of hydrogen-bond donors (Lipinski definition) is 0. The topological polar surface area (TPSA) is 53.1 Å². The second-order valence-corrected chi connectivity index (χ2v) is 6.41. The summed E-state index contributed by atoms with van der Waals surface area (Å²) in [5.41, 5.74) is 0.960. The van der Waals surface area contributed by atoms with Crippen LogP contribution in [0.1, 0.15) is 5.76 Å². The fraction of sp³-hybridized carbons (Fsp3) is 0.250. The van der Waals surface area contributed by atoms with E-state index in [2.05, 4.69) is 10.2 Å². The minimum atomic E-state index is 0.567. The van der Waals surface area contributed by atoms with Crippen LogP contribution < -0.4 is 4.74 Å². The molecular weight excluding hydrogens is 334 g/mol. The third-order valence-corrected chi connectivity index (χ3v) is 4.53. The molecule has 3 rings (SSSR count). The summed E-state index contributed by atoms with van der Waals surface area (Å²) in [5, 5.41) is 9.98. The van der Waals surface area contributed by atoms with Gasteiger partial charge in [0.1, 0.15) is 11.5 Å². The van der Waals surface area contributed by atoms with E-state index < -0.39 is 0 Å². The van der Waals surface area contributed by atoms with E-state index in [-0.39, 0.29) is 0 Å². The average molecular weight is 350 g/mol. The van der Waals surface area contributed by atoms with Crippen molar-refractivity contribution in [2.45, 2.75) is 12.1 Å². The fourth-order valence-corrected chi connectivity index (χ4v) is 3.05. The Kier molecular flexibility index (Phi) is 4.93. The van der Waals surface area contributed by atoms with E-state index >= 15 is 0 Å². The van der Waals surface area contributed by atoms with Crippen molar-refractivity contribution in [3.63, 3.8) is 0 Å². The summed E-state index contributed by atoms with van der Waals surface area (Å²) in [6, 6.07) is 9.28. The number of aryl methyl sites for hydroxylation is 1. The fourth-order valence-electron chi connectivity index (χ4n) is 2.14. The Balaban J connectivity index is 1.57. The molecule has 0 spiro atoms. The highest BCUT2D eigenvalue weighted by molar-refractivity contribution is 7.99. The van der Waals surface area contributed by atoms with Crippen molar-refractivity contribution >= 4 is 23.4 Å². The van der Waals surface area contributed by atoms with Crippen LogP contribution in [0.5, 0.6) is 5.75 Å². The first-order valence-corrected chi connectivity index (χ1v) is 8.46. The highest BCUT2D eigenvalue weighted by Crippen LogP contribution is 2.26. The maximum atomic E-state index is 5.92. The van der Waals surface area contributed by atoms with Crippen LogP contribution in [0.4, 0.5) is 0 Å². The van der Waals surface area contributed by atoms with Crippen LogP contribution >= 0.6 is 23.4 Å². The van der Waals surface area contributed by atoms with Crippen LogP contribution in [0.2, 0.25) is 5.02 Å². The van der Waals surface area contributed by atoms with Gasteiger partial charge in [0.25, 0.3) is 0 Å². The third-order valence-electron chi connectivity index (χ3n) is 3.31. The van der Waals surface area contributed by atoms with Crippen molar-refractivity contribution in [3.05, 3.63) is 47.4 Å². The predicted molar refractivity (Wildman–Crippen MR) is 91.1 cm³/mol. The molecule has 0 aliphatic heterocycles. The van der Waals surface area contributed by atoms with Crippen LogP contribution in [-0.4, -0.2) is 27.1 Å². The molecule has 0 aliphatic rings. The zero-order valence-corrected chi connectivity index (χ0v) is 14.4. The van der Waals surface area contributed by atoms with E-state index in [0.717, 1.165) is 33.8 Å². The molecule has 0 amide bonds. The van der Waals surface area contributed by atoms with Gasteiger partial charge in [-0.25, -0.2) is 0 Å². The zero-order chi connectivity index (χ0) is 16.2. The molecule has 5 nitrogen and oxygen atoms in total. The number of furan rings is 1. The van der Waals surface area contributed by atoms with E-state index in [1.807, 2.05) is 42.8 Å². The highest BCUT2D eigenvalue weighted by atomic mass is 35.5. The van der Waals surface area contributed by atoms with Gasteiger partial charge >= 0.3 is 0 Å². The minimum Gasteiger partial charge on any atom is -0.493 e. The van der Waals surface area contributed by atoms with Gasteiger partial charge in [0.05, 0.1) is 18.4 Å². The minimum absolute atomic E-state index is 0.567. The molecule has 0 radical (unpaired) electrons. The van der Waals surface area contributed by atoms with Gasteiger partial charge in [-0.15, -0.1) is 10.2 Å². The quantitative estimate of drug-likeness (QED) is 0.493. The number of nitrogens with zero attached hydrogens (tertiary/aromatic N) is 3. The molecular formula is C16H16ClN3O2S. The maximum absolute atomic E-state index is 5.92. The summed E-state index contributed by atoms with van der Waals surface area (Å²) < 4.78 is 13.0. The van der Waals surface area contributed by atoms with E-state index in [4.69, 9.17) is 20.8 Å². The summed E-state index contributed by atoms with van der Waals surface area (Å²) in [4.78, 5) is 0. The number of thioether (sulfide) groups is 1. The van der Waals surface area contributed by atoms with Crippen molar-refractivity contribution in [3.8, 4) is 17.1 Å². The maximum Gasteiger partial charge on any atom is 0.191 e. The zero-order valence-electron chi connectivity index (χ0n) is 12.8. The van der Waals surface area contributed by atoms with Crippen LogP contribution in [0.25, 0.3) is 11.4 Å². The lowest BCUT2D eigenvalue weighted by atomic mass is 10.2. The summed E-state index contributed by atoms with van der Waals surface area (Å²) >= 11 is 7.52. The molecule has 0 bridgehead atoms. The van der Waals surface area contributed by atoms with Gasteiger partial charge in [-0.1, -0.05) is 29.4 Å². The first kappa shape index (κ1) is 16.0. The number of hydrogen-bond acceptors (Lipinski definition) is 5. The van der Waals surface area contributed by atoms with Crippen molar-refractivity contribution in [2.75, 3.05) is 12.4 Å². The molecule has 23 heavy (non-hydrogen) atoms. The standard InChI is InChI=1S/C16H16ClN3O2S/c1-11-14(6-7-21-11)15-18-19-16(20(15)2)23-9-8-22-13-5-3-4-12(17)10-13/h3-7,10H,8-9H2,1-2H3. The summed E-state index contributed by atoms with van der Waals surface area (Å²) in [5.74, 6) is 3.17. The first-order chi connectivity index (χ1) is 11.1. The van der Waals surface area contributed by atoms with Crippen molar-refractivity contribution < 1.29 is 9.15 Å². The van der Waals surface area contributed by atoms with Crippen molar-refractivity contribution in [1.29, 1.82) is 0 Å². The Labute approximate surface area is 143 Å². The van der Waals surface area contributed by atoms with E-state index in [1.165, 1.54) is 0 Å². The number of halogens is 1. The van der Waals surface area contributed by atoms with Gasteiger partial charge in [0, 0.05) is 17.8 Å². The first-order valence-electron chi connectivity index (χ1n) is 7.10. The van der Waals surface area contributed by atoms with E-state index in [9.17, 15) is 0 Å².